The Balaban J connectivity index is 2.26. The second kappa shape index (κ2) is 6.21. The smallest absolute Gasteiger partial charge is 0.255 e. The van der Waals surface area contributed by atoms with Crippen LogP contribution < -0.4 is 5.32 Å². The highest BCUT2D eigenvalue weighted by Gasteiger charge is 2.10. The molecule has 1 N–H and O–H groups in total. The van der Waals surface area contributed by atoms with Gasteiger partial charge in [0.25, 0.3) is 5.91 Å². The number of carbonyl (C=O) groups excluding carboxylic acids is 1. The van der Waals surface area contributed by atoms with E-state index in [1.54, 1.807) is 24.3 Å². The molecule has 0 bridgehead atoms. The minimum absolute atomic E-state index is 0.195. The summed E-state index contributed by atoms with van der Waals surface area (Å²) in [6.07, 6.45) is 0. The lowest BCUT2D eigenvalue weighted by atomic mass is 10.1. The summed E-state index contributed by atoms with van der Waals surface area (Å²) in [6, 6.07) is 12.6. The van der Waals surface area contributed by atoms with Crippen LogP contribution in [0.4, 0.5) is 5.69 Å². The standard InChI is InChI=1S/C15H10Br2N2O/c1-9-4-11(7-12(16)5-9)15(20)19-14-3-2-10(8-18)6-13(14)17/h2-7H,1H3,(H,19,20). The molecule has 1 amide bonds. The van der Waals surface area contributed by atoms with Crippen LogP contribution in [0, 0.1) is 18.3 Å². The summed E-state index contributed by atoms with van der Waals surface area (Å²) in [7, 11) is 0. The maximum Gasteiger partial charge on any atom is 0.255 e. The molecule has 5 heteroatoms. The molecule has 0 fully saturated rings. The molecule has 2 rings (SSSR count). The SMILES string of the molecule is Cc1cc(Br)cc(C(=O)Nc2ccc(C#N)cc2Br)c1. The number of nitrogens with one attached hydrogen (secondary N) is 1. The van der Waals surface area contributed by atoms with Crippen molar-refractivity contribution < 1.29 is 4.79 Å². The minimum Gasteiger partial charge on any atom is -0.321 e. The van der Waals surface area contributed by atoms with Gasteiger partial charge in [0.15, 0.2) is 0 Å². The summed E-state index contributed by atoms with van der Waals surface area (Å²) < 4.78 is 1.54. The second-order valence-electron chi connectivity index (χ2n) is 4.28. The Morgan fingerprint density at radius 1 is 1.20 bits per heavy atom. The first-order valence-corrected chi connectivity index (χ1v) is 7.36. The number of hydrogen-bond donors (Lipinski definition) is 1. The van der Waals surface area contributed by atoms with Gasteiger partial charge in [-0.25, -0.2) is 0 Å². The van der Waals surface area contributed by atoms with E-state index in [0.29, 0.717) is 21.3 Å². The third-order valence-corrected chi connectivity index (χ3v) is 3.76. The second-order valence-corrected chi connectivity index (χ2v) is 6.05. The fourth-order valence-electron chi connectivity index (χ4n) is 1.75. The monoisotopic (exact) mass is 392 g/mol. The Morgan fingerprint density at radius 3 is 2.55 bits per heavy atom. The molecule has 0 unspecified atom stereocenters. The minimum atomic E-state index is -0.195. The Morgan fingerprint density at radius 2 is 1.95 bits per heavy atom. The van der Waals surface area contributed by atoms with Crippen LogP contribution >= 0.6 is 31.9 Å². The van der Waals surface area contributed by atoms with Gasteiger partial charge in [0, 0.05) is 14.5 Å². The predicted octanol–water partition coefficient (Wildman–Crippen LogP) is 4.64. The van der Waals surface area contributed by atoms with Crippen molar-refractivity contribution in [3.63, 3.8) is 0 Å². The van der Waals surface area contributed by atoms with Gasteiger partial charge < -0.3 is 5.32 Å². The maximum absolute atomic E-state index is 12.2. The molecular formula is C15H10Br2N2O. The maximum atomic E-state index is 12.2. The summed E-state index contributed by atoms with van der Waals surface area (Å²) in [5.41, 5.74) is 2.75. The number of carbonyl (C=O) groups is 1. The molecule has 3 nitrogen and oxygen atoms in total. The third kappa shape index (κ3) is 3.47. The normalized spacial score (nSPS) is 9.90. The highest BCUT2D eigenvalue weighted by molar-refractivity contribution is 9.10. The zero-order valence-corrected chi connectivity index (χ0v) is 13.7. The molecular weight excluding hydrogens is 384 g/mol. The number of hydrogen-bond acceptors (Lipinski definition) is 2. The summed E-state index contributed by atoms with van der Waals surface area (Å²) in [5, 5.41) is 11.6. The van der Waals surface area contributed by atoms with E-state index < -0.39 is 0 Å². The van der Waals surface area contributed by atoms with Gasteiger partial charge in [-0.05, 0) is 64.8 Å². The van der Waals surface area contributed by atoms with Gasteiger partial charge in [-0.15, -0.1) is 0 Å². The van der Waals surface area contributed by atoms with Gasteiger partial charge in [-0.3, -0.25) is 4.79 Å². The zero-order valence-electron chi connectivity index (χ0n) is 10.6. The van der Waals surface area contributed by atoms with E-state index in [0.717, 1.165) is 10.0 Å². The average Bonchev–Trinajstić information content (AvgIpc) is 2.39. The van der Waals surface area contributed by atoms with Crippen molar-refractivity contribution in [3.8, 4) is 6.07 Å². The van der Waals surface area contributed by atoms with E-state index in [4.69, 9.17) is 5.26 Å². The quantitative estimate of drug-likeness (QED) is 0.807. The molecule has 0 aliphatic carbocycles. The van der Waals surface area contributed by atoms with Gasteiger partial charge in [0.2, 0.25) is 0 Å². The first-order chi connectivity index (χ1) is 9.49. The predicted molar refractivity (Wildman–Crippen MR) is 85.7 cm³/mol. The zero-order chi connectivity index (χ0) is 14.7. The molecule has 0 saturated heterocycles. The van der Waals surface area contributed by atoms with Gasteiger partial charge in [-0.2, -0.15) is 5.26 Å². The van der Waals surface area contributed by atoms with Crippen molar-refractivity contribution >= 4 is 43.5 Å². The molecule has 20 heavy (non-hydrogen) atoms. The van der Waals surface area contributed by atoms with Gasteiger partial charge >= 0.3 is 0 Å². The fourth-order valence-corrected chi connectivity index (χ4v) is 2.83. The fraction of sp³-hybridized carbons (Fsp3) is 0.0667. The number of rotatable bonds is 2. The molecule has 0 saturated carbocycles. The first-order valence-electron chi connectivity index (χ1n) is 5.78. The van der Waals surface area contributed by atoms with Crippen molar-refractivity contribution in [1.82, 2.24) is 0 Å². The van der Waals surface area contributed by atoms with Crippen molar-refractivity contribution in [1.29, 1.82) is 5.26 Å². The van der Waals surface area contributed by atoms with Gasteiger partial charge in [-0.1, -0.05) is 15.9 Å². The number of halogens is 2. The van der Waals surface area contributed by atoms with Gasteiger partial charge in [0.05, 0.1) is 17.3 Å². The Bertz CT molecular complexity index is 700. The lowest BCUT2D eigenvalue weighted by Gasteiger charge is -2.08. The molecule has 0 radical (unpaired) electrons. The van der Waals surface area contributed by atoms with Crippen molar-refractivity contribution in [3.05, 3.63) is 62.0 Å². The van der Waals surface area contributed by atoms with E-state index >= 15 is 0 Å². The van der Waals surface area contributed by atoms with Crippen molar-refractivity contribution in [2.45, 2.75) is 6.92 Å². The molecule has 0 aliphatic heterocycles. The van der Waals surface area contributed by atoms with Crippen molar-refractivity contribution in [2.75, 3.05) is 5.32 Å². The van der Waals surface area contributed by atoms with Crippen LogP contribution in [-0.4, -0.2) is 5.91 Å². The lowest BCUT2D eigenvalue weighted by molar-refractivity contribution is 0.102. The Kier molecular flexibility index (Phi) is 4.58. The number of nitrogens with zero attached hydrogens (tertiary/aromatic N) is 1. The summed E-state index contributed by atoms with van der Waals surface area (Å²) in [6.45, 7) is 1.93. The van der Waals surface area contributed by atoms with E-state index in [1.807, 2.05) is 25.1 Å². The van der Waals surface area contributed by atoms with E-state index in [-0.39, 0.29) is 5.91 Å². The number of nitriles is 1. The highest BCUT2D eigenvalue weighted by atomic mass is 79.9. The molecule has 2 aromatic carbocycles. The topological polar surface area (TPSA) is 52.9 Å². The van der Waals surface area contributed by atoms with Crippen LogP contribution in [0.5, 0.6) is 0 Å². The number of amides is 1. The van der Waals surface area contributed by atoms with E-state index in [1.165, 1.54) is 0 Å². The first kappa shape index (κ1) is 14.8. The molecule has 0 aliphatic rings. The van der Waals surface area contributed by atoms with Crippen LogP contribution in [0.2, 0.25) is 0 Å². The molecule has 0 spiro atoms. The third-order valence-electron chi connectivity index (χ3n) is 2.65. The van der Waals surface area contributed by atoms with Crippen LogP contribution in [0.3, 0.4) is 0 Å². The van der Waals surface area contributed by atoms with Crippen LogP contribution in [-0.2, 0) is 0 Å². The molecule has 100 valence electrons. The summed E-state index contributed by atoms with van der Waals surface area (Å²) >= 11 is 6.72. The van der Waals surface area contributed by atoms with Crippen molar-refractivity contribution in [2.24, 2.45) is 0 Å². The lowest BCUT2D eigenvalue weighted by Crippen LogP contribution is -2.12. The Hall–Kier alpha value is -1.64. The van der Waals surface area contributed by atoms with Gasteiger partial charge in [0.1, 0.15) is 0 Å². The number of anilines is 1. The Labute approximate surface area is 133 Å². The van der Waals surface area contributed by atoms with Crippen LogP contribution in [0.15, 0.2) is 45.3 Å². The molecule has 0 atom stereocenters. The summed E-state index contributed by atoms with van der Waals surface area (Å²) in [4.78, 5) is 12.2. The number of benzene rings is 2. The molecule has 0 heterocycles. The van der Waals surface area contributed by atoms with Crippen LogP contribution in [0.1, 0.15) is 21.5 Å². The average molecular weight is 394 g/mol. The molecule has 0 aromatic heterocycles. The van der Waals surface area contributed by atoms with E-state index in [9.17, 15) is 4.79 Å². The largest absolute Gasteiger partial charge is 0.321 e. The van der Waals surface area contributed by atoms with E-state index in [2.05, 4.69) is 37.2 Å². The molecule has 2 aromatic rings. The number of aryl methyl sites for hydroxylation is 1. The summed E-state index contributed by atoms with van der Waals surface area (Å²) in [5.74, 6) is -0.195. The highest BCUT2D eigenvalue weighted by Crippen LogP contribution is 2.24. The van der Waals surface area contributed by atoms with Crippen LogP contribution in [0.25, 0.3) is 0 Å².